The van der Waals surface area contributed by atoms with Crippen molar-refractivity contribution in [2.75, 3.05) is 13.2 Å². The van der Waals surface area contributed by atoms with Crippen molar-refractivity contribution in [3.8, 4) is 0 Å². The highest BCUT2D eigenvalue weighted by Gasteiger charge is 2.20. The lowest BCUT2D eigenvalue weighted by atomic mass is 10.0. The van der Waals surface area contributed by atoms with E-state index in [0.717, 1.165) is 38.5 Å². The Hall–Kier alpha value is -1.40. The van der Waals surface area contributed by atoms with Gasteiger partial charge in [-0.05, 0) is 51.4 Å². The molecule has 81 heavy (non-hydrogen) atoms. The first-order valence-electron chi connectivity index (χ1n) is 37.4. The average Bonchev–Trinajstić information content (AvgIpc) is 3.47. The van der Waals surface area contributed by atoms with E-state index < -0.39 is 12.1 Å². The Bertz CT molecular complexity index is 1220. The summed E-state index contributed by atoms with van der Waals surface area (Å²) in [5.41, 5.74) is 0. The van der Waals surface area contributed by atoms with Crippen LogP contribution in [-0.2, 0) is 14.3 Å². The largest absolute Gasteiger partial charge is 0.466 e. The zero-order valence-electron chi connectivity index (χ0n) is 55.3. The fourth-order valence-corrected chi connectivity index (χ4v) is 12.1. The number of aliphatic hydroxyl groups excluding tert-OH is 2. The molecule has 0 aliphatic carbocycles. The van der Waals surface area contributed by atoms with Gasteiger partial charge in [0.15, 0.2) is 0 Å². The normalized spacial score (nSPS) is 12.5. The number of nitrogens with one attached hydrogen (secondary N) is 1. The van der Waals surface area contributed by atoms with Crippen molar-refractivity contribution in [2.45, 2.75) is 443 Å². The minimum Gasteiger partial charge on any atom is -0.466 e. The second-order valence-electron chi connectivity index (χ2n) is 26.0. The van der Waals surface area contributed by atoms with Crippen molar-refractivity contribution >= 4 is 11.9 Å². The van der Waals surface area contributed by atoms with Crippen molar-refractivity contribution in [1.82, 2.24) is 5.32 Å². The second-order valence-corrected chi connectivity index (χ2v) is 26.0. The summed E-state index contributed by atoms with van der Waals surface area (Å²) < 4.78 is 5.52. The predicted molar refractivity (Wildman–Crippen MR) is 357 cm³/mol. The molecule has 0 rings (SSSR count). The van der Waals surface area contributed by atoms with Crippen molar-refractivity contribution in [3.05, 3.63) is 12.2 Å². The van der Waals surface area contributed by atoms with Gasteiger partial charge in [-0.1, -0.05) is 379 Å². The zero-order chi connectivity index (χ0) is 58.5. The van der Waals surface area contributed by atoms with Crippen LogP contribution in [0.3, 0.4) is 0 Å². The molecule has 0 saturated heterocycles. The van der Waals surface area contributed by atoms with Gasteiger partial charge in [0.2, 0.25) is 5.91 Å². The number of hydrogen-bond donors (Lipinski definition) is 3. The van der Waals surface area contributed by atoms with E-state index in [0.29, 0.717) is 25.9 Å². The van der Waals surface area contributed by atoms with Crippen molar-refractivity contribution in [1.29, 1.82) is 0 Å². The smallest absolute Gasteiger partial charge is 0.305 e. The molecule has 2 unspecified atom stereocenters. The van der Waals surface area contributed by atoms with Crippen LogP contribution in [0.4, 0.5) is 0 Å². The number of amides is 1. The van der Waals surface area contributed by atoms with Gasteiger partial charge < -0.3 is 20.3 Å². The molecule has 6 heteroatoms. The topological polar surface area (TPSA) is 95.9 Å². The van der Waals surface area contributed by atoms with Crippen LogP contribution >= 0.6 is 0 Å². The first kappa shape index (κ1) is 79.6. The van der Waals surface area contributed by atoms with E-state index in [2.05, 4.69) is 31.3 Å². The Labute approximate surface area is 508 Å². The number of carbonyl (C=O) groups is 2. The number of aliphatic hydroxyl groups is 2. The maximum absolute atomic E-state index is 12.5. The number of ether oxygens (including phenoxy) is 1. The summed E-state index contributed by atoms with van der Waals surface area (Å²) in [6.45, 7) is 5.00. The predicted octanol–water partition coefficient (Wildman–Crippen LogP) is 24.3. The van der Waals surface area contributed by atoms with Crippen molar-refractivity contribution in [2.24, 2.45) is 0 Å². The minimum absolute atomic E-state index is 0.0208. The molecule has 2 atom stereocenters. The summed E-state index contributed by atoms with van der Waals surface area (Å²) in [6.07, 6.45) is 88.5. The van der Waals surface area contributed by atoms with Crippen LogP contribution in [0.2, 0.25) is 0 Å². The molecule has 0 fully saturated rings. The van der Waals surface area contributed by atoms with Crippen LogP contribution in [-0.4, -0.2) is 47.4 Å². The van der Waals surface area contributed by atoms with E-state index >= 15 is 0 Å². The Morgan fingerprint density at radius 2 is 0.580 bits per heavy atom. The Balaban J connectivity index is 3.31. The van der Waals surface area contributed by atoms with E-state index in [1.165, 1.54) is 360 Å². The van der Waals surface area contributed by atoms with Gasteiger partial charge in [0.1, 0.15) is 0 Å². The molecule has 0 saturated carbocycles. The molecule has 0 aromatic rings. The monoisotopic (exact) mass is 1140 g/mol. The van der Waals surface area contributed by atoms with Crippen LogP contribution in [0.15, 0.2) is 12.2 Å². The maximum atomic E-state index is 12.5. The summed E-state index contributed by atoms with van der Waals surface area (Å²) in [4.78, 5) is 24.6. The van der Waals surface area contributed by atoms with Gasteiger partial charge in [0, 0.05) is 12.8 Å². The molecule has 0 aromatic heterocycles. The molecule has 0 spiro atoms. The summed E-state index contributed by atoms with van der Waals surface area (Å²) in [6, 6.07) is -0.538. The van der Waals surface area contributed by atoms with Crippen molar-refractivity contribution < 1.29 is 24.5 Å². The highest BCUT2D eigenvalue weighted by atomic mass is 16.5. The zero-order valence-corrected chi connectivity index (χ0v) is 55.3. The second kappa shape index (κ2) is 71.1. The van der Waals surface area contributed by atoms with Gasteiger partial charge in [0.05, 0.1) is 25.4 Å². The highest BCUT2D eigenvalue weighted by Crippen LogP contribution is 2.20. The molecule has 0 aromatic carbocycles. The molecule has 482 valence electrons. The van der Waals surface area contributed by atoms with Gasteiger partial charge in [-0.2, -0.15) is 0 Å². The fourth-order valence-electron chi connectivity index (χ4n) is 12.1. The number of esters is 1. The molecule has 0 aliphatic rings. The summed E-state index contributed by atoms with van der Waals surface area (Å²) >= 11 is 0. The van der Waals surface area contributed by atoms with E-state index in [4.69, 9.17) is 4.74 Å². The molecular weight excluding hydrogens is 995 g/mol. The number of rotatable bonds is 71. The molecule has 1 amide bonds. The molecule has 0 heterocycles. The van der Waals surface area contributed by atoms with Crippen LogP contribution in [0, 0.1) is 0 Å². The van der Waals surface area contributed by atoms with Crippen LogP contribution in [0.25, 0.3) is 0 Å². The molecule has 3 N–H and O–H groups in total. The first-order chi connectivity index (χ1) is 40.0. The van der Waals surface area contributed by atoms with Crippen molar-refractivity contribution in [3.63, 3.8) is 0 Å². The Kier molecular flexibility index (Phi) is 69.9. The van der Waals surface area contributed by atoms with Gasteiger partial charge in [0.25, 0.3) is 0 Å². The number of unbranched alkanes of at least 4 members (excludes halogenated alkanes) is 58. The Morgan fingerprint density at radius 1 is 0.333 bits per heavy atom. The SMILES string of the molecule is CCCCCCCC/C=C\CCCCCCCCCCCC(=O)OCCCCCCCCCCCCCCCCCCCCCCCCCCCCCCCCC(=O)NC(CO)C(O)CCCCCCCCCCCCCCCCC. The third-order valence-corrected chi connectivity index (χ3v) is 17.8. The summed E-state index contributed by atoms with van der Waals surface area (Å²) in [7, 11) is 0. The van der Waals surface area contributed by atoms with Crippen LogP contribution < -0.4 is 5.32 Å². The molecule has 0 aliphatic heterocycles. The van der Waals surface area contributed by atoms with Gasteiger partial charge in [-0.15, -0.1) is 0 Å². The van der Waals surface area contributed by atoms with E-state index in [-0.39, 0.29) is 18.5 Å². The molecule has 0 bridgehead atoms. The quantitative estimate of drug-likeness (QED) is 0.0320. The van der Waals surface area contributed by atoms with E-state index in [1.54, 1.807) is 0 Å². The van der Waals surface area contributed by atoms with Gasteiger partial charge in [-0.3, -0.25) is 9.59 Å². The third kappa shape index (κ3) is 67.6. The number of carbonyl (C=O) groups excluding carboxylic acids is 2. The van der Waals surface area contributed by atoms with E-state index in [1.807, 2.05) is 0 Å². The summed E-state index contributed by atoms with van der Waals surface area (Å²) in [5.74, 6) is -0.00660. The first-order valence-corrected chi connectivity index (χ1v) is 37.4. The standard InChI is InChI=1S/C75H147NO5/c1-3-5-7-9-11-13-15-17-19-20-33-37-41-45-49-53-57-61-65-69-75(80)81-70-66-62-58-54-50-46-42-38-35-32-30-28-26-24-22-21-23-25-27-29-31-34-36-40-44-48-52-56-60-64-68-74(79)76-72(71-77)73(78)67-63-59-55-51-47-43-39-18-16-14-12-10-8-6-4-2/h17,19,72-73,77-78H,3-16,18,20-71H2,1-2H3,(H,76,79)/b19-17-. The maximum Gasteiger partial charge on any atom is 0.305 e. The number of hydrogen-bond acceptors (Lipinski definition) is 5. The number of allylic oxidation sites excluding steroid dienone is 2. The summed E-state index contributed by atoms with van der Waals surface area (Å²) in [5, 5.41) is 23.3. The highest BCUT2D eigenvalue weighted by molar-refractivity contribution is 5.76. The lowest BCUT2D eigenvalue weighted by Crippen LogP contribution is -2.45. The minimum atomic E-state index is -0.661. The lowest BCUT2D eigenvalue weighted by molar-refractivity contribution is -0.143. The lowest BCUT2D eigenvalue weighted by Gasteiger charge is -2.22. The van der Waals surface area contributed by atoms with Crippen LogP contribution in [0.5, 0.6) is 0 Å². The van der Waals surface area contributed by atoms with Crippen LogP contribution in [0.1, 0.15) is 431 Å². The van der Waals surface area contributed by atoms with Gasteiger partial charge in [-0.25, -0.2) is 0 Å². The van der Waals surface area contributed by atoms with Gasteiger partial charge >= 0.3 is 5.97 Å². The average molecular weight is 1140 g/mol. The Morgan fingerprint density at radius 3 is 0.877 bits per heavy atom. The van der Waals surface area contributed by atoms with E-state index in [9.17, 15) is 19.8 Å². The molecule has 0 radical (unpaired) electrons. The molecule has 6 nitrogen and oxygen atoms in total. The third-order valence-electron chi connectivity index (χ3n) is 17.8. The fraction of sp³-hybridized carbons (Fsp3) is 0.947. The molecular formula is C75H147NO5.